The molecular weight excluding hydrogens is 514 g/mol. The molecule has 9 nitrogen and oxygen atoms in total. The van der Waals surface area contributed by atoms with E-state index in [2.05, 4.69) is 21.4 Å². The third kappa shape index (κ3) is 4.49. The summed E-state index contributed by atoms with van der Waals surface area (Å²) < 4.78 is 3.28. The first-order valence-electron chi connectivity index (χ1n) is 12.3. The lowest BCUT2D eigenvalue weighted by Gasteiger charge is -2.21. The van der Waals surface area contributed by atoms with Crippen molar-refractivity contribution in [3.63, 3.8) is 0 Å². The highest BCUT2D eigenvalue weighted by Gasteiger charge is 2.23. The van der Waals surface area contributed by atoms with Crippen molar-refractivity contribution in [1.82, 2.24) is 23.8 Å². The van der Waals surface area contributed by atoms with Gasteiger partial charge in [-0.25, -0.2) is 9.97 Å². The standard InChI is InChI=1S/C29H26ClN7O2/c1-16-12-20(17(2)33-22-10-11-23(30)34-24(22)19-8-6-18(14-31)7-9-19)26-21(13-16)28(38)36(5)27-25(29(39)35(3)4)32-15-37(26)27/h6-13,15,17,33H,1-5H3. The summed E-state index contributed by atoms with van der Waals surface area (Å²) >= 11 is 6.26. The number of imidazole rings is 1. The molecule has 3 aromatic heterocycles. The van der Waals surface area contributed by atoms with E-state index in [1.807, 2.05) is 48.6 Å². The quantitative estimate of drug-likeness (QED) is 0.316. The molecule has 0 saturated carbocycles. The van der Waals surface area contributed by atoms with Gasteiger partial charge in [0.1, 0.15) is 11.5 Å². The summed E-state index contributed by atoms with van der Waals surface area (Å²) in [6.07, 6.45) is 1.59. The molecule has 3 heterocycles. The van der Waals surface area contributed by atoms with E-state index in [0.29, 0.717) is 33.0 Å². The topological polar surface area (TPSA) is 108 Å². The second-order valence-electron chi connectivity index (χ2n) is 9.69. The van der Waals surface area contributed by atoms with Crippen molar-refractivity contribution in [2.75, 3.05) is 19.4 Å². The minimum absolute atomic E-state index is 0.207. The van der Waals surface area contributed by atoms with Crippen molar-refractivity contribution in [3.8, 4) is 17.3 Å². The predicted molar refractivity (Wildman–Crippen MR) is 152 cm³/mol. The summed E-state index contributed by atoms with van der Waals surface area (Å²) in [5.74, 6) is -0.286. The molecule has 1 unspecified atom stereocenters. The fourth-order valence-electron chi connectivity index (χ4n) is 4.82. The first-order chi connectivity index (χ1) is 18.6. The molecule has 0 aliphatic rings. The zero-order valence-electron chi connectivity index (χ0n) is 22.2. The van der Waals surface area contributed by atoms with Crippen LogP contribution in [0.4, 0.5) is 5.69 Å². The van der Waals surface area contributed by atoms with Crippen LogP contribution in [0.1, 0.15) is 40.1 Å². The fraction of sp³-hybridized carbons (Fsp3) is 0.207. The molecule has 5 aromatic rings. The smallest absolute Gasteiger partial charge is 0.275 e. The van der Waals surface area contributed by atoms with E-state index in [4.69, 9.17) is 11.6 Å². The molecule has 10 heteroatoms. The van der Waals surface area contributed by atoms with E-state index in [1.54, 1.807) is 45.7 Å². The van der Waals surface area contributed by atoms with Crippen LogP contribution in [0.2, 0.25) is 5.15 Å². The lowest BCUT2D eigenvalue weighted by atomic mass is 10.00. The molecule has 5 rings (SSSR count). The van der Waals surface area contributed by atoms with Crippen LogP contribution in [0.15, 0.2) is 59.7 Å². The Labute approximate surface area is 229 Å². The molecule has 2 aromatic carbocycles. The number of hydrogen-bond donors (Lipinski definition) is 1. The predicted octanol–water partition coefficient (Wildman–Crippen LogP) is 4.96. The Morgan fingerprint density at radius 3 is 2.54 bits per heavy atom. The van der Waals surface area contributed by atoms with E-state index in [1.165, 1.54) is 9.47 Å². The van der Waals surface area contributed by atoms with Crippen molar-refractivity contribution in [2.24, 2.45) is 7.05 Å². The maximum atomic E-state index is 13.5. The lowest BCUT2D eigenvalue weighted by Crippen LogP contribution is -2.26. The third-order valence-electron chi connectivity index (χ3n) is 6.72. The number of aromatic nitrogens is 4. The van der Waals surface area contributed by atoms with Gasteiger partial charge in [0.25, 0.3) is 11.5 Å². The Morgan fingerprint density at radius 2 is 1.87 bits per heavy atom. The minimum atomic E-state index is -0.286. The van der Waals surface area contributed by atoms with Gasteiger partial charge in [-0.1, -0.05) is 29.8 Å². The maximum absolute atomic E-state index is 13.5. The van der Waals surface area contributed by atoms with Gasteiger partial charge in [-0.05, 0) is 55.3 Å². The highest BCUT2D eigenvalue weighted by Crippen LogP contribution is 2.33. The van der Waals surface area contributed by atoms with Gasteiger partial charge in [-0.15, -0.1) is 0 Å². The second kappa shape index (κ2) is 9.89. The van der Waals surface area contributed by atoms with Crippen LogP contribution in [-0.4, -0.2) is 43.8 Å². The lowest BCUT2D eigenvalue weighted by molar-refractivity contribution is 0.0824. The van der Waals surface area contributed by atoms with Gasteiger partial charge in [0.05, 0.1) is 40.0 Å². The van der Waals surface area contributed by atoms with Crippen molar-refractivity contribution in [1.29, 1.82) is 5.26 Å². The monoisotopic (exact) mass is 539 g/mol. The van der Waals surface area contributed by atoms with Crippen LogP contribution in [0.5, 0.6) is 0 Å². The minimum Gasteiger partial charge on any atom is -0.377 e. The van der Waals surface area contributed by atoms with Crippen LogP contribution in [-0.2, 0) is 7.05 Å². The Balaban J connectivity index is 1.69. The number of nitrogens with one attached hydrogen (secondary N) is 1. The number of pyridine rings is 1. The Bertz CT molecular complexity index is 1860. The molecule has 1 atom stereocenters. The van der Waals surface area contributed by atoms with Crippen LogP contribution < -0.4 is 10.9 Å². The highest BCUT2D eigenvalue weighted by atomic mass is 35.5. The fourth-order valence-corrected chi connectivity index (χ4v) is 4.97. The van der Waals surface area contributed by atoms with Gasteiger partial charge >= 0.3 is 0 Å². The zero-order valence-corrected chi connectivity index (χ0v) is 22.9. The number of halogens is 1. The molecule has 0 fully saturated rings. The maximum Gasteiger partial charge on any atom is 0.275 e. The Kier molecular flexibility index (Phi) is 6.58. The van der Waals surface area contributed by atoms with E-state index in [-0.39, 0.29) is 23.2 Å². The van der Waals surface area contributed by atoms with Gasteiger partial charge in [0, 0.05) is 26.7 Å². The molecule has 39 heavy (non-hydrogen) atoms. The summed E-state index contributed by atoms with van der Waals surface area (Å²) in [7, 11) is 4.95. The first kappa shape index (κ1) is 25.9. The van der Waals surface area contributed by atoms with E-state index >= 15 is 0 Å². The SMILES string of the molecule is Cc1cc(C(C)Nc2ccc(Cl)nc2-c2ccc(C#N)cc2)c2c(c1)c(=O)n(C)c1c(C(=O)N(C)C)ncn21. The van der Waals surface area contributed by atoms with Crippen LogP contribution in [0.25, 0.3) is 27.8 Å². The number of aryl methyl sites for hydroxylation is 2. The van der Waals surface area contributed by atoms with Gasteiger partial charge in [-0.3, -0.25) is 18.6 Å². The normalized spacial score (nSPS) is 11.9. The van der Waals surface area contributed by atoms with Crippen molar-refractivity contribution in [3.05, 3.63) is 92.7 Å². The van der Waals surface area contributed by atoms with Crippen LogP contribution in [0, 0.1) is 18.3 Å². The molecule has 1 amide bonds. The van der Waals surface area contributed by atoms with E-state index in [0.717, 1.165) is 22.4 Å². The molecular formula is C29H26ClN7O2. The largest absolute Gasteiger partial charge is 0.377 e. The molecule has 0 aliphatic carbocycles. The molecule has 196 valence electrons. The van der Waals surface area contributed by atoms with Crippen LogP contribution >= 0.6 is 11.6 Å². The second-order valence-corrected chi connectivity index (χ2v) is 10.1. The first-order valence-corrected chi connectivity index (χ1v) is 12.6. The van der Waals surface area contributed by atoms with Crippen LogP contribution in [0.3, 0.4) is 0 Å². The molecule has 0 radical (unpaired) electrons. The summed E-state index contributed by atoms with van der Waals surface area (Å²) in [4.78, 5) is 36.8. The van der Waals surface area contributed by atoms with Gasteiger partial charge in [0.2, 0.25) is 0 Å². The third-order valence-corrected chi connectivity index (χ3v) is 6.93. The molecule has 0 saturated heterocycles. The number of hydrogen-bond acceptors (Lipinski definition) is 6. The van der Waals surface area contributed by atoms with E-state index < -0.39 is 0 Å². The number of amides is 1. The zero-order chi connectivity index (χ0) is 28.0. The molecule has 0 bridgehead atoms. The number of benzene rings is 2. The number of carbonyl (C=O) groups excluding carboxylic acids is 1. The number of fused-ring (bicyclic) bond motifs is 3. The summed E-state index contributed by atoms with van der Waals surface area (Å²) in [5.41, 5.74) is 5.60. The van der Waals surface area contributed by atoms with Crippen molar-refractivity contribution in [2.45, 2.75) is 19.9 Å². The number of nitriles is 1. The number of rotatable bonds is 5. The Morgan fingerprint density at radius 1 is 1.15 bits per heavy atom. The summed E-state index contributed by atoms with van der Waals surface area (Å²) in [5, 5.41) is 13.6. The number of nitrogens with zero attached hydrogens (tertiary/aromatic N) is 6. The Hall–Kier alpha value is -4.68. The van der Waals surface area contributed by atoms with Crippen molar-refractivity contribution < 1.29 is 4.79 Å². The molecule has 1 N–H and O–H groups in total. The average Bonchev–Trinajstić information content (AvgIpc) is 3.36. The van der Waals surface area contributed by atoms with Crippen molar-refractivity contribution >= 4 is 39.7 Å². The van der Waals surface area contributed by atoms with E-state index in [9.17, 15) is 14.9 Å². The molecule has 0 spiro atoms. The summed E-state index contributed by atoms with van der Waals surface area (Å²) in [6.45, 7) is 3.94. The number of anilines is 1. The summed E-state index contributed by atoms with van der Waals surface area (Å²) in [6, 6.07) is 16.4. The van der Waals surface area contributed by atoms with Gasteiger partial charge < -0.3 is 10.2 Å². The van der Waals surface area contributed by atoms with Gasteiger partial charge in [0.15, 0.2) is 11.3 Å². The number of carbonyl (C=O) groups is 1. The van der Waals surface area contributed by atoms with Gasteiger partial charge in [-0.2, -0.15) is 5.26 Å². The average molecular weight is 540 g/mol. The molecule has 0 aliphatic heterocycles. The highest BCUT2D eigenvalue weighted by molar-refractivity contribution is 6.29.